The number of H-pyrrole nitrogens is 1. The maximum Gasteiger partial charge on any atom is 0.387 e. The van der Waals surface area contributed by atoms with Gasteiger partial charge in [0.1, 0.15) is 17.0 Å². The van der Waals surface area contributed by atoms with Gasteiger partial charge < -0.3 is 9.84 Å². The molecule has 2 N–H and O–H groups in total. The topological polar surface area (TPSA) is 110 Å². The van der Waals surface area contributed by atoms with E-state index in [0.717, 1.165) is 10.7 Å². The van der Waals surface area contributed by atoms with Gasteiger partial charge >= 0.3 is 12.6 Å². The van der Waals surface area contributed by atoms with Crippen molar-refractivity contribution in [3.63, 3.8) is 0 Å². The molecule has 0 unspecified atom stereocenters. The summed E-state index contributed by atoms with van der Waals surface area (Å²) in [5.41, 5.74) is -0.468. The molecule has 3 rings (SSSR count). The number of benzene rings is 1. The van der Waals surface area contributed by atoms with Crippen LogP contribution in [0.25, 0.3) is 16.9 Å². The Morgan fingerprint density at radius 2 is 2.00 bits per heavy atom. The molecular formula is C15H10F2N4O4. The summed E-state index contributed by atoms with van der Waals surface area (Å²) in [6.45, 7) is -2.95. The number of aromatic amines is 1. The monoisotopic (exact) mass is 348 g/mol. The van der Waals surface area contributed by atoms with Gasteiger partial charge in [0.15, 0.2) is 0 Å². The molecule has 128 valence electrons. The first-order valence-corrected chi connectivity index (χ1v) is 6.88. The van der Waals surface area contributed by atoms with E-state index in [-0.39, 0.29) is 17.1 Å². The predicted molar refractivity (Wildman–Crippen MR) is 81.0 cm³/mol. The molecule has 0 bridgehead atoms. The Hall–Kier alpha value is -3.56. The molecule has 1 aromatic carbocycles. The van der Waals surface area contributed by atoms with Crippen LogP contribution in [0.3, 0.4) is 0 Å². The standard InChI is InChI=1S/C15H10F2N4O4/c16-15(17)25-10-3-1-8(2-4-10)12-5-11(14(23)24)13(22)21(20-12)9-6-18-19-7-9/h1-7,15H,(H,18,19)(H,23,24). The summed E-state index contributed by atoms with van der Waals surface area (Å²) >= 11 is 0. The fourth-order valence-electron chi connectivity index (χ4n) is 2.13. The minimum absolute atomic E-state index is 0.0552. The highest BCUT2D eigenvalue weighted by molar-refractivity contribution is 5.88. The van der Waals surface area contributed by atoms with E-state index in [4.69, 9.17) is 0 Å². The van der Waals surface area contributed by atoms with Crippen molar-refractivity contribution >= 4 is 5.97 Å². The normalized spacial score (nSPS) is 10.8. The SMILES string of the molecule is O=C(O)c1cc(-c2ccc(OC(F)F)cc2)nn(-c2cn[nH]c2)c1=O. The van der Waals surface area contributed by atoms with E-state index < -0.39 is 23.7 Å². The molecule has 25 heavy (non-hydrogen) atoms. The number of carboxylic acids is 1. The average Bonchev–Trinajstić information content (AvgIpc) is 3.09. The summed E-state index contributed by atoms with van der Waals surface area (Å²) in [4.78, 5) is 23.6. The van der Waals surface area contributed by atoms with E-state index in [0.29, 0.717) is 5.56 Å². The summed E-state index contributed by atoms with van der Waals surface area (Å²) in [5, 5.41) is 19.5. The molecule has 0 fully saturated rings. The van der Waals surface area contributed by atoms with Crippen LogP contribution in [0, 0.1) is 0 Å². The van der Waals surface area contributed by atoms with Gasteiger partial charge in [0.25, 0.3) is 5.56 Å². The maximum atomic E-state index is 12.2. The number of hydrogen-bond donors (Lipinski definition) is 2. The summed E-state index contributed by atoms with van der Waals surface area (Å²) < 4.78 is 29.5. The molecule has 3 aromatic rings. The van der Waals surface area contributed by atoms with E-state index in [2.05, 4.69) is 20.0 Å². The van der Waals surface area contributed by atoms with Gasteiger partial charge in [0.2, 0.25) is 0 Å². The van der Waals surface area contributed by atoms with Gasteiger partial charge in [-0.25, -0.2) is 4.79 Å². The Bertz CT molecular complexity index is 953. The summed E-state index contributed by atoms with van der Waals surface area (Å²) in [7, 11) is 0. The predicted octanol–water partition coefficient (Wildman–Crippen LogP) is 1.92. The Kier molecular flexibility index (Phi) is 4.25. The highest BCUT2D eigenvalue weighted by Crippen LogP contribution is 2.22. The van der Waals surface area contributed by atoms with Gasteiger partial charge in [-0.2, -0.15) is 23.7 Å². The quantitative estimate of drug-likeness (QED) is 0.729. The number of ether oxygens (including phenoxy) is 1. The molecule has 0 aliphatic carbocycles. The van der Waals surface area contributed by atoms with Crippen LogP contribution in [0.1, 0.15) is 10.4 Å². The molecule has 0 radical (unpaired) electrons. The minimum atomic E-state index is -2.95. The van der Waals surface area contributed by atoms with Crippen LogP contribution in [0.2, 0.25) is 0 Å². The third kappa shape index (κ3) is 3.37. The fraction of sp³-hybridized carbons (Fsp3) is 0.0667. The molecule has 0 spiro atoms. The van der Waals surface area contributed by atoms with E-state index in [1.165, 1.54) is 36.7 Å². The highest BCUT2D eigenvalue weighted by Gasteiger charge is 2.17. The van der Waals surface area contributed by atoms with Crippen LogP contribution in [0.5, 0.6) is 5.75 Å². The van der Waals surface area contributed by atoms with Crippen molar-refractivity contribution in [3.8, 4) is 22.7 Å². The number of aromatic carboxylic acids is 1. The minimum Gasteiger partial charge on any atom is -0.477 e. The Morgan fingerprint density at radius 1 is 1.28 bits per heavy atom. The Morgan fingerprint density at radius 3 is 2.56 bits per heavy atom. The zero-order valence-corrected chi connectivity index (χ0v) is 12.4. The van der Waals surface area contributed by atoms with Crippen molar-refractivity contribution in [2.24, 2.45) is 0 Å². The van der Waals surface area contributed by atoms with Crippen LogP contribution >= 0.6 is 0 Å². The number of carbonyl (C=O) groups is 1. The first-order valence-electron chi connectivity index (χ1n) is 6.88. The molecule has 8 nitrogen and oxygen atoms in total. The van der Waals surface area contributed by atoms with Crippen LogP contribution < -0.4 is 10.3 Å². The van der Waals surface area contributed by atoms with Gasteiger partial charge in [0.05, 0.1) is 11.9 Å². The highest BCUT2D eigenvalue weighted by atomic mass is 19.3. The van der Waals surface area contributed by atoms with Crippen molar-refractivity contribution in [2.45, 2.75) is 6.61 Å². The summed E-state index contributed by atoms with van der Waals surface area (Å²) in [6, 6.07) is 6.55. The maximum absolute atomic E-state index is 12.2. The van der Waals surface area contributed by atoms with E-state index in [1.807, 2.05) is 0 Å². The first kappa shape index (κ1) is 16.3. The molecule has 0 saturated heterocycles. The molecular weight excluding hydrogens is 338 g/mol. The first-order chi connectivity index (χ1) is 12.0. The number of halogens is 2. The zero-order valence-electron chi connectivity index (χ0n) is 12.4. The number of rotatable bonds is 5. The number of nitrogens with one attached hydrogen (secondary N) is 1. The van der Waals surface area contributed by atoms with Crippen molar-refractivity contribution in [1.29, 1.82) is 0 Å². The lowest BCUT2D eigenvalue weighted by molar-refractivity contribution is -0.0498. The lowest BCUT2D eigenvalue weighted by Gasteiger charge is -2.09. The van der Waals surface area contributed by atoms with Crippen molar-refractivity contribution in [3.05, 3.63) is 58.6 Å². The molecule has 0 amide bonds. The third-order valence-electron chi connectivity index (χ3n) is 3.25. The van der Waals surface area contributed by atoms with E-state index >= 15 is 0 Å². The second-order valence-electron chi connectivity index (χ2n) is 4.82. The second-order valence-corrected chi connectivity index (χ2v) is 4.82. The number of hydrogen-bond acceptors (Lipinski definition) is 5. The summed E-state index contributed by atoms with van der Waals surface area (Å²) in [5.74, 6) is -1.47. The van der Waals surface area contributed by atoms with Gasteiger partial charge in [0, 0.05) is 11.8 Å². The lowest BCUT2D eigenvalue weighted by atomic mass is 10.1. The largest absolute Gasteiger partial charge is 0.477 e. The molecule has 0 aliphatic heterocycles. The van der Waals surface area contributed by atoms with Crippen LogP contribution in [0.15, 0.2) is 47.5 Å². The van der Waals surface area contributed by atoms with Crippen LogP contribution in [-0.2, 0) is 0 Å². The Balaban J connectivity index is 2.10. The fourth-order valence-corrected chi connectivity index (χ4v) is 2.13. The van der Waals surface area contributed by atoms with Crippen LogP contribution in [0.4, 0.5) is 8.78 Å². The average molecular weight is 348 g/mol. The molecule has 2 heterocycles. The second kappa shape index (κ2) is 6.51. The van der Waals surface area contributed by atoms with Crippen LogP contribution in [-0.4, -0.2) is 37.7 Å². The van der Waals surface area contributed by atoms with E-state index in [9.17, 15) is 23.5 Å². The molecule has 0 saturated carbocycles. The molecule has 0 aliphatic rings. The molecule has 0 atom stereocenters. The summed E-state index contributed by atoms with van der Waals surface area (Å²) in [6.07, 6.45) is 2.69. The zero-order chi connectivity index (χ0) is 18.0. The van der Waals surface area contributed by atoms with Crippen molar-refractivity contribution in [2.75, 3.05) is 0 Å². The van der Waals surface area contributed by atoms with Gasteiger partial charge in [-0.1, -0.05) is 0 Å². The van der Waals surface area contributed by atoms with Gasteiger partial charge in [-0.3, -0.25) is 9.89 Å². The van der Waals surface area contributed by atoms with Crippen molar-refractivity contribution in [1.82, 2.24) is 20.0 Å². The smallest absolute Gasteiger partial charge is 0.387 e. The number of alkyl halides is 2. The molecule has 10 heteroatoms. The Labute approximate surface area is 138 Å². The van der Waals surface area contributed by atoms with Crippen molar-refractivity contribution < 1.29 is 23.4 Å². The van der Waals surface area contributed by atoms with E-state index in [1.54, 1.807) is 0 Å². The third-order valence-corrected chi connectivity index (χ3v) is 3.25. The number of nitrogens with zero attached hydrogens (tertiary/aromatic N) is 3. The van der Waals surface area contributed by atoms with Gasteiger partial charge in [-0.05, 0) is 30.3 Å². The number of carboxylic acid groups (broad SMARTS) is 1. The lowest BCUT2D eigenvalue weighted by Crippen LogP contribution is -2.27. The van der Waals surface area contributed by atoms with Gasteiger partial charge in [-0.15, -0.1) is 0 Å². The number of aromatic nitrogens is 4. The molecule has 2 aromatic heterocycles.